The van der Waals surface area contributed by atoms with Crippen molar-refractivity contribution in [3.63, 3.8) is 0 Å². The van der Waals surface area contributed by atoms with Crippen LogP contribution in [0.2, 0.25) is 0 Å². The van der Waals surface area contributed by atoms with Crippen LogP contribution in [-0.4, -0.2) is 56.7 Å². The topological polar surface area (TPSA) is 91.7 Å². The van der Waals surface area contributed by atoms with Gasteiger partial charge >= 0.3 is 5.97 Å². The predicted molar refractivity (Wildman–Crippen MR) is 61.1 cm³/mol. The van der Waals surface area contributed by atoms with Crippen LogP contribution < -0.4 is 5.32 Å². The fourth-order valence-electron chi connectivity index (χ4n) is 1.39. The molecule has 0 bridgehead atoms. The van der Waals surface area contributed by atoms with Crippen LogP contribution in [0.3, 0.4) is 0 Å². The van der Waals surface area contributed by atoms with Gasteiger partial charge in [0.15, 0.2) is 0 Å². The Kier molecular flexibility index (Phi) is 5.67. The summed E-state index contributed by atoms with van der Waals surface area (Å²) in [5.74, 6) is -0.833. The minimum atomic E-state index is -0.470. The van der Waals surface area contributed by atoms with E-state index < -0.39 is 5.97 Å². The van der Waals surface area contributed by atoms with Crippen molar-refractivity contribution in [2.45, 2.75) is 0 Å². The van der Waals surface area contributed by atoms with Crippen molar-refractivity contribution < 1.29 is 19.1 Å². The molecule has 1 N–H and O–H groups in total. The van der Waals surface area contributed by atoms with Gasteiger partial charge in [0.25, 0.3) is 5.91 Å². The van der Waals surface area contributed by atoms with E-state index in [0.717, 1.165) is 0 Å². The number of ether oxygens (including phenoxy) is 2. The number of nitrogens with zero attached hydrogens (tertiary/aromatic N) is 2. The van der Waals surface area contributed by atoms with Crippen LogP contribution in [-0.2, 0) is 19.1 Å². The summed E-state index contributed by atoms with van der Waals surface area (Å²) in [4.78, 5) is 24.3. The lowest BCUT2D eigenvalue weighted by Gasteiger charge is -2.26. The monoisotopic (exact) mass is 253 g/mol. The summed E-state index contributed by atoms with van der Waals surface area (Å²) < 4.78 is 9.53. The van der Waals surface area contributed by atoms with Gasteiger partial charge in [-0.15, -0.1) is 0 Å². The Morgan fingerprint density at radius 1 is 1.50 bits per heavy atom. The first-order chi connectivity index (χ1) is 8.69. The molecule has 0 saturated carbocycles. The van der Waals surface area contributed by atoms with E-state index in [2.05, 4.69) is 10.1 Å². The zero-order chi connectivity index (χ0) is 13.4. The molecule has 7 nitrogen and oxygen atoms in total. The van der Waals surface area contributed by atoms with Crippen LogP contribution in [0.4, 0.5) is 0 Å². The lowest BCUT2D eigenvalue weighted by Crippen LogP contribution is -2.41. The van der Waals surface area contributed by atoms with Crippen LogP contribution in [0.1, 0.15) is 0 Å². The first kappa shape index (κ1) is 14.0. The maximum absolute atomic E-state index is 11.9. The SMILES string of the molecule is COC(=O)CN/C=C(/C#N)C(=O)N1CCOCC1. The van der Waals surface area contributed by atoms with Crippen LogP contribution >= 0.6 is 0 Å². The molecule has 1 aliphatic rings. The normalized spacial score (nSPS) is 15.8. The first-order valence-electron chi connectivity index (χ1n) is 5.46. The molecule has 0 atom stereocenters. The van der Waals surface area contributed by atoms with E-state index in [-0.39, 0.29) is 18.0 Å². The largest absolute Gasteiger partial charge is 0.468 e. The molecular weight excluding hydrogens is 238 g/mol. The van der Waals surface area contributed by atoms with Gasteiger partial charge < -0.3 is 19.7 Å². The lowest BCUT2D eigenvalue weighted by molar-refractivity contribution is -0.139. The number of nitrogens with one attached hydrogen (secondary N) is 1. The summed E-state index contributed by atoms with van der Waals surface area (Å²) in [5, 5.41) is 11.5. The highest BCUT2D eigenvalue weighted by molar-refractivity contribution is 5.97. The molecule has 7 heteroatoms. The second-order valence-electron chi connectivity index (χ2n) is 3.53. The molecule has 1 saturated heterocycles. The minimum Gasteiger partial charge on any atom is -0.468 e. The van der Waals surface area contributed by atoms with Crippen molar-refractivity contribution in [3.8, 4) is 6.07 Å². The summed E-state index contributed by atoms with van der Waals surface area (Å²) in [6.07, 6.45) is 1.23. The van der Waals surface area contributed by atoms with Crippen molar-refractivity contribution in [2.24, 2.45) is 0 Å². The smallest absolute Gasteiger partial charge is 0.325 e. The van der Waals surface area contributed by atoms with Gasteiger partial charge in [0, 0.05) is 19.3 Å². The molecule has 1 aliphatic heterocycles. The molecule has 18 heavy (non-hydrogen) atoms. The third kappa shape index (κ3) is 4.07. The number of methoxy groups -OCH3 is 1. The maximum Gasteiger partial charge on any atom is 0.325 e. The molecule has 1 amide bonds. The molecule has 0 aromatic rings. The fourth-order valence-corrected chi connectivity index (χ4v) is 1.39. The summed E-state index contributed by atoms with van der Waals surface area (Å²) >= 11 is 0. The fraction of sp³-hybridized carbons (Fsp3) is 0.545. The van der Waals surface area contributed by atoms with E-state index in [1.54, 1.807) is 11.0 Å². The van der Waals surface area contributed by atoms with Gasteiger partial charge in [0.05, 0.1) is 20.3 Å². The highest BCUT2D eigenvalue weighted by atomic mass is 16.5. The van der Waals surface area contributed by atoms with Gasteiger partial charge in [-0.1, -0.05) is 0 Å². The molecule has 0 unspecified atom stereocenters. The maximum atomic E-state index is 11.9. The van der Waals surface area contributed by atoms with E-state index in [0.29, 0.717) is 26.3 Å². The number of rotatable bonds is 4. The molecule has 0 aromatic heterocycles. The Balaban J connectivity index is 2.53. The third-order valence-electron chi connectivity index (χ3n) is 2.37. The minimum absolute atomic E-state index is 0.0409. The number of morpholine rings is 1. The van der Waals surface area contributed by atoms with Gasteiger partial charge in [-0.05, 0) is 0 Å². The summed E-state index contributed by atoms with van der Waals surface area (Å²) in [6.45, 7) is 1.79. The molecular formula is C11H15N3O4. The standard InChI is InChI=1S/C11H15N3O4/c1-17-10(15)8-13-7-9(6-12)11(16)14-2-4-18-5-3-14/h7,13H,2-5,8H2,1H3/b9-7-. The van der Waals surface area contributed by atoms with E-state index >= 15 is 0 Å². The van der Waals surface area contributed by atoms with Crippen molar-refractivity contribution in [1.29, 1.82) is 5.26 Å². The average Bonchev–Trinajstić information content (AvgIpc) is 2.43. The van der Waals surface area contributed by atoms with Gasteiger partial charge in [-0.2, -0.15) is 5.26 Å². The van der Waals surface area contributed by atoms with Crippen molar-refractivity contribution >= 4 is 11.9 Å². The van der Waals surface area contributed by atoms with Crippen molar-refractivity contribution in [3.05, 3.63) is 11.8 Å². The van der Waals surface area contributed by atoms with E-state index in [1.807, 2.05) is 0 Å². The molecule has 1 rings (SSSR count). The van der Waals surface area contributed by atoms with E-state index in [9.17, 15) is 9.59 Å². The zero-order valence-corrected chi connectivity index (χ0v) is 10.1. The number of carbonyl (C=O) groups excluding carboxylic acids is 2. The lowest BCUT2D eigenvalue weighted by atomic mass is 10.2. The number of hydrogen-bond acceptors (Lipinski definition) is 6. The summed E-state index contributed by atoms with van der Waals surface area (Å²) in [5.41, 5.74) is -0.0409. The third-order valence-corrected chi connectivity index (χ3v) is 2.37. The summed E-state index contributed by atoms with van der Waals surface area (Å²) in [6, 6.07) is 1.81. The Morgan fingerprint density at radius 2 is 2.17 bits per heavy atom. The van der Waals surface area contributed by atoms with Crippen molar-refractivity contribution in [2.75, 3.05) is 40.0 Å². The van der Waals surface area contributed by atoms with E-state index in [1.165, 1.54) is 13.3 Å². The molecule has 0 radical (unpaired) electrons. The van der Waals surface area contributed by atoms with Gasteiger partial charge in [0.2, 0.25) is 0 Å². The average molecular weight is 253 g/mol. The second kappa shape index (κ2) is 7.29. The molecule has 98 valence electrons. The molecule has 1 fully saturated rings. The Bertz CT molecular complexity index is 380. The van der Waals surface area contributed by atoms with Crippen LogP contribution in [0.15, 0.2) is 11.8 Å². The number of amides is 1. The highest BCUT2D eigenvalue weighted by Crippen LogP contribution is 2.03. The molecule has 1 heterocycles. The Hall–Kier alpha value is -2.07. The predicted octanol–water partition coefficient (Wildman–Crippen LogP) is -0.985. The van der Waals surface area contributed by atoms with Gasteiger partial charge in [-0.3, -0.25) is 9.59 Å². The number of esters is 1. The first-order valence-corrected chi connectivity index (χ1v) is 5.46. The van der Waals surface area contributed by atoms with Gasteiger partial charge in [0.1, 0.15) is 18.2 Å². The molecule has 0 aliphatic carbocycles. The number of nitriles is 1. The molecule has 0 spiro atoms. The van der Waals surface area contributed by atoms with Crippen LogP contribution in [0.5, 0.6) is 0 Å². The number of hydrogen-bond donors (Lipinski definition) is 1. The second-order valence-corrected chi connectivity index (χ2v) is 3.53. The van der Waals surface area contributed by atoms with Crippen LogP contribution in [0, 0.1) is 11.3 Å². The Labute approximate surface area is 105 Å². The Morgan fingerprint density at radius 3 is 2.72 bits per heavy atom. The highest BCUT2D eigenvalue weighted by Gasteiger charge is 2.20. The van der Waals surface area contributed by atoms with Crippen molar-refractivity contribution in [1.82, 2.24) is 10.2 Å². The van der Waals surface area contributed by atoms with Gasteiger partial charge in [-0.25, -0.2) is 0 Å². The molecule has 0 aromatic carbocycles. The summed E-state index contributed by atoms with van der Waals surface area (Å²) in [7, 11) is 1.26. The van der Waals surface area contributed by atoms with E-state index in [4.69, 9.17) is 10.00 Å². The number of carbonyl (C=O) groups is 2. The quantitative estimate of drug-likeness (QED) is 0.393. The van der Waals surface area contributed by atoms with Crippen LogP contribution in [0.25, 0.3) is 0 Å². The zero-order valence-electron chi connectivity index (χ0n) is 10.1.